The Balaban J connectivity index is 1.95. The van der Waals surface area contributed by atoms with Crippen LogP contribution in [-0.2, 0) is 0 Å². The van der Waals surface area contributed by atoms with Crippen LogP contribution >= 0.6 is 0 Å². The van der Waals surface area contributed by atoms with Gasteiger partial charge < -0.3 is 5.32 Å². The van der Waals surface area contributed by atoms with Gasteiger partial charge in [-0.05, 0) is 55.1 Å². The van der Waals surface area contributed by atoms with Gasteiger partial charge in [0.15, 0.2) is 0 Å². The van der Waals surface area contributed by atoms with Gasteiger partial charge in [-0.1, -0.05) is 32.9 Å². The number of nitrogens with zero attached hydrogens (tertiary/aromatic N) is 1. The smallest absolute Gasteiger partial charge is 0.0702 e. The minimum absolute atomic E-state index is 0.587. The highest BCUT2D eigenvalue weighted by atomic mass is 14.8. The number of aromatic nitrogens is 1. The second kappa shape index (κ2) is 6.67. The van der Waals surface area contributed by atoms with Gasteiger partial charge in [0.1, 0.15) is 0 Å². The van der Waals surface area contributed by atoms with Crippen molar-refractivity contribution in [1.29, 1.82) is 0 Å². The molecule has 1 aromatic carbocycles. The van der Waals surface area contributed by atoms with Crippen LogP contribution in [0.1, 0.15) is 38.7 Å². The third-order valence-electron chi connectivity index (χ3n) is 3.50. The van der Waals surface area contributed by atoms with E-state index in [0.717, 1.165) is 24.5 Å². The molecule has 1 unspecified atom stereocenters. The number of rotatable bonds is 6. The highest BCUT2D eigenvalue weighted by Gasteiger charge is 2.06. The lowest BCUT2D eigenvalue weighted by atomic mass is 9.96. The fraction of sp³-hybridized carbons (Fsp3) is 0.471. The molecule has 102 valence electrons. The van der Waals surface area contributed by atoms with Gasteiger partial charge in [-0.3, -0.25) is 4.98 Å². The highest BCUT2D eigenvalue weighted by molar-refractivity contribution is 5.79. The summed E-state index contributed by atoms with van der Waals surface area (Å²) in [6.45, 7) is 8.98. The molecular weight excluding hydrogens is 232 g/mol. The number of pyridine rings is 1. The summed E-state index contributed by atoms with van der Waals surface area (Å²) >= 11 is 0. The average Bonchev–Trinajstić information content (AvgIpc) is 2.42. The first-order chi connectivity index (χ1) is 9.16. The molecule has 0 radical (unpaired) electrons. The van der Waals surface area contributed by atoms with Gasteiger partial charge in [-0.2, -0.15) is 0 Å². The molecule has 2 heteroatoms. The maximum atomic E-state index is 4.36. The second-order valence-corrected chi connectivity index (χ2v) is 5.74. The fourth-order valence-electron chi connectivity index (χ4n) is 2.28. The maximum absolute atomic E-state index is 4.36. The van der Waals surface area contributed by atoms with Crippen LogP contribution in [0.4, 0.5) is 0 Å². The summed E-state index contributed by atoms with van der Waals surface area (Å²) in [6, 6.07) is 10.7. The van der Waals surface area contributed by atoms with Crippen molar-refractivity contribution in [2.24, 2.45) is 5.92 Å². The minimum atomic E-state index is 0.587. The monoisotopic (exact) mass is 256 g/mol. The standard InChI is InChI=1S/C17H24N2/c1-13(2)12-18-10-8-14(3)15-6-7-17-16(11-15)5-4-9-19-17/h4-7,9,11,13-14,18H,8,10,12H2,1-3H3. The summed E-state index contributed by atoms with van der Waals surface area (Å²) in [5.41, 5.74) is 2.49. The van der Waals surface area contributed by atoms with Gasteiger partial charge >= 0.3 is 0 Å². The van der Waals surface area contributed by atoms with E-state index in [1.54, 1.807) is 0 Å². The summed E-state index contributed by atoms with van der Waals surface area (Å²) in [7, 11) is 0. The zero-order valence-electron chi connectivity index (χ0n) is 12.2. The molecule has 2 rings (SSSR count). The topological polar surface area (TPSA) is 24.9 Å². The second-order valence-electron chi connectivity index (χ2n) is 5.74. The van der Waals surface area contributed by atoms with Crippen LogP contribution in [0, 0.1) is 5.92 Å². The lowest BCUT2D eigenvalue weighted by Crippen LogP contribution is -2.21. The Morgan fingerprint density at radius 1 is 1.16 bits per heavy atom. The molecule has 0 saturated heterocycles. The first-order valence-electron chi connectivity index (χ1n) is 7.22. The fourth-order valence-corrected chi connectivity index (χ4v) is 2.28. The normalized spacial score (nSPS) is 13.1. The predicted octanol–water partition coefficient (Wildman–Crippen LogP) is 3.97. The maximum Gasteiger partial charge on any atom is 0.0702 e. The first-order valence-corrected chi connectivity index (χ1v) is 7.22. The molecule has 0 spiro atoms. The third-order valence-corrected chi connectivity index (χ3v) is 3.50. The molecule has 19 heavy (non-hydrogen) atoms. The van der Waals surface area contributed by atoms with Crippen LogP contribution in [0.5, 0.6) is 0 Å². The molecule has 0 fully saturated rings. The van der Waals surface area contributed by atoms with E-state index in [1.807, 2.05) is 12.3 Å². The number of hydrogen-bond acceptors (Lipinski definition) is 2. The largest absolute Gasteiger partial charge is 0.316 e. The summed E-state index contributed by atoms with van der Waals surface area (Å²) in [5.74, 6) is 1.31. The van der Waals surface area contributed by atoms with Gasteiger partial charge in [-0.15, -0.1) is 0 Å². The first kappa shape index (κ1) is 14.0. The lowest BCUT2D eigenvalue weighted by molar-refractivity contribution is 0.525. The van der Waals surface area contributed by atoms with Crippen molar-refractivity contribution in [3.8, 4) is 0 Å². The quantitative estimate of drug-likeness (QED) is 0.791. The van der Waals surface area contributed by atoms with Gasteiger partial charge in [-0.25, -0.2) is 0 Å². The van der Waals surface area contributed by atoms with Crippen LogP contribution in [0.25, 0.3) is 10.9 Å². The molecule has 0 aliphatic rings. The van der Waals surface area contributed by atoms with E-state index in [0.29, 0.717) is 5.92 Å². The molecule has 0 saturated carbocycles. The summed E-state index contributed by atoms with van der Waals surface area (Å²) in [4.78, 5) is 4.36. The van der Waals surface area contributed by atoms with E-state index in [2.05, 4.69) is 55.3 Å². The van der Waals surface area contributed by atoms with Gasteiger partial charge in [0, 0.05) is 11.6 Å². The molecule has 2 nitrogen and oxygen atoms in total. The number of nitrogens with one attached hydrogen (secondary N) is 1. The Hall–Kier alpha value is -1.41. The van der Waals surface area contributed by atoms with Gasteiger partial charge in [0.05, 0.1) is 5.52 Å². The molecule has 2 aromatic rings. The number of benzene rings is 1. The van der Waals surface area contributed by atoms with Crippen molar-refractivity contribution in [2.45, 2.75) is 33.1 Å². The molecular formula is C17H24N2. The number of hydrogen-bond donors (Lipinski definition) is 1. The molecule has 1 N–H and O–H groups in total. The van der Waals surface area contributed by atoms with E-state index in [9.17, 15) is 0 Å². The SMILES string of the molecule is CC(C)CNCCC(C)c1ccc2ncccc2c1. The van der Waals surface area contributed by atoms with Crippen LogP contribution in [-0.4, -0.2) is 18.1 Å². The minimum Gasteiger partial charge on any atom is -0.316 e. The predicted molar refractivity (Wildman–Crippen MR) is 82.5 cm³/mol. The molecule has 0 amide bonds. The lowest BCUT2D eigenvalue weighted by Gasteiger charge is -2.14. The van der Waals surface area contributed by atoms with Gasteiger partial charge in [0.2, 0.25) is 0 Å². The van der Waals surface area contributed by atoms with Crippen LogP contribution in [0.2, 0.25) is 0 Å². The molecule has 0 aliphatic heterocycles. The summed E-state index contributed by atoms with van der Waals surface area (Å²) in [5, 5.41) is 4.75. The van der Waals surface area contributed by atoms with Gasteiger partial charge in [0.25, 0.3) is 0 Å². The molecule has 0 aliphatic carbocycles. The Morgan fingerprint density at radius 2 is 2.00 bits per heavy atom. The number of fused-ring (bicyclic) bond motifs is 1. The van der Waals surface area contributed by atoms with Crippen molar-refractivity contribution in [1.82, 2.24) is 10.3 Å². The Bertz CT molecular complexity index is 519. The van der Waals surface area contributed by atoms with Crippen molar-refractivity contribution in [3.05, 3.63) is 42.1 Å². The van der Waals surface area contributed by atoms with Crippen LogP contribution < -0.4 is 5.32 Å². The van der Waals surface area contributed by atoms with E-state index in [4.69, 9.17) is 0 Å². The van der Waals surface area contributed by atoms with Crippen molar-refractivity contribution in [3.63, 3.8) is 0 Å². The average molecular weight is 256 g/mol. The molecule has 1 heterocycles. The van der Waals surface area contributed by atoms with Crippen molar-refractivity contribution in [2.75, 3.05) is 13.1 Å². The Kier molecular flexibility index (Phi) is 4.92. The Morgan fingerprint density at radius 3 is 2.79 bits per heavy atom. The highest BCUT2D eigenvalue weighted by Crippen LogP contribution is 2.22. The summed E-state index contributed by atoms with van der Waals surface area (Å²) in [6.07, 6.45) is 3.03. The zero-order chi connectivity index (χ0) is 13.7. The van der Waals surface area contributed by atoms with E-state index < -0.39 is 0 Å². The molecule has 1 atom stereocenters. The molecule has 1 aromatic heterocycles. The van der Waals surface area contributed by atoms with Crippen molar-refractivity contribution < 1.29 is 0 Å². The van der Waals surface area contributed by atoms with Crippen LogP contribution in [0.3, 0.4) is 0 Å². The van der Waals surface area contributed by atoms with E-state index in [1.165, 1.54) is 17.4 Å². The van der Waals surface area contributed by atoms with Crippen LogP contribution in [0.15, 0.2) is 36.5 Å². The van der Waals surface area contributed by atoms with Crippen molar-refractivity contribution >= 4 is 10.9 Å². The Labute approximate surface area is 116 Å². The summed E-state index contributed by atoms with van der Waals surface area (Å²) < 4.78 is 0. The third kappa shape index (κ3) is 4.03. The van der Waals surface area contributed by atoms with E-state index in [-0.39, 0.29) is 0 Å². The van der Waals surface area contributed by atoms with E-state index >= 15 is 0 Å². The zero-order valence-corrected chi connectivity index (χ0v) is 12.2. The molecule has 0 bridgehead atoms.